The predicted molar refractivity (Wildman–Crippen MR) is 138 cm³/mol. The van der Waals surface area contributed by atoms with Gasteiger partial charge in [-0.2, -0.15) is 0 Å². The van der Waals surface area contributed by atoms with Gasteiger partial charge >= 0.3 is 12.1 Å². The fourth-order valence-corrected chi connectivity index (χ4v) is 3.97. The number of ether oxygens (including phenoxy) is 4. The molecule has 1 unspecified atom stereocenters. The Morgan fingerprint density at radius 2 is 1.92 bits per heavy atom. The summed E-state index contributed by atoms with van der Waals surface area (Å²) in [6.45, 7) is 10.2. The summed E-state index contributed by atoms with van der Waals surface area (Å²) in [6.07, 6.45) is -0.646. The predicted octanol–water partition coefficient (Wildman–Crippen LogP) is 5.19. The highest BCUT2D eigenvalue weighted by Gasteiger charge is 2.33. The molecule has 2 aromatic rings. The first-order valence-corrected chi connectivity index (χ1v) is 12.4. The number of hydrogen-bond donors (Lipinski definition) is 1. The summed E-state index contributed by atoms with van der Waals surface area (Å²) in [5, 5.41) is 2.81. The molecule has 0 saturated carbocycles. The molecule has 0 bridgehead atoms. The van der Waals surface area contributed by atoms with E-state index in [4.69, 9.17) is 14.2 Å². The Bertz CT molecular complexity index is 1080. The van der Waals surface area contributed by atoms with E-state index in [2.05, 4.69) is 10.1 Å². The number of halogens is 1. The van der Waals surface area contributed by atoms with E-state index in [-0.39, 0.29) is 43.5 Å². The van der Waals surface area contributed by atoms with E-state index in [9.17, 15) is 9.59 Å². The summed E-state index contributed by atoms with van der Waals surface area (Å²) in [4.78, 5) is 26.2. The van der Waals surface area contributed by atoms with Crippen LogP contribution in [0.5, 0.6) is 11.5 Å². The first kappa shape index (κ1) is 28.1. The molecule has 0 spiro atoms. The number of rotatable bonds is 10. The molecule has 3 rings (SSSR count). The molecule has 0 fully saturated rings. The molecule has 0 aliphatic carbocycles. The van der Waals surface area contributed by atoms with Crippen molar-refractivity contribution in [3.8, 4) is 11.5 Å². The Kier molecular flexibility index (Phi) is 9.23. The number of hydrogen-bond acceptors (Lipinski definition) is 7. The first-order valence-electron chi connectivity index (χ1n) is 12.4. The molecule has 37 heavy (non-hydrogen) atoms. The van der Waals surface area contributed by atoms with Crippen LogP contribution in [0.1, 0.15) is 45.7 Å². The average Bonchev–Trinajstić information content (AvgIpc) is 3.23. The van der Waals surface area contributed by atoms with Crippen LogP contribution in [0.3, 0.4) is 0 Å². The van der Waals surface area contributed by atoms with E-state index in [0.717, 1.165) is 5.56 Å². The fourth-order valence-electron chi connectivity index (χ4n) is 3.97. The molecule has 1 N–H and O–H groups in total. The molecule has 0 radical (unpaired) electrons. The van der Waals surface area contributed by atoms with Crippen LogP contribution in [0, 0.1) is 11.7 Å². The normalized spacial score (nSPS) is 14.5. The SMILES string of the molecule is COC(=O)CNc1c(OCc2ccccc2)cc2c(c1F)CC(CN(CC(C)C)C(=O)OC(C)(C)C)O2. The lowest BCUT2D eigenvalue weighted by Gasteiger charge is -2.30. The van der Waals surface area contributed by atoms with E-state index < -0.39 is 29.6 Å². The Labute approximate surface area is 218 Å². The Morgan fingerprint density at radius 3 is 2.54 bits per heavy atom. The van der Waals surface area contributed by atoms with Crippen LogP contribution in [0.15, 0.2) is 36.4 Å². The van der Waals surface area contributed by atoms with Gasteiger partial charge < -0.3 is 29.2 Å². The molecule has 0 aromatic heterocycles. The second-order valence-electron chi connectivity index (χ2n) is 10.5. The minimum Gasteiger partial charge on any atom is -0.488 e. The third-order valence-electron chi connectivity index (χ3n) is 5.55. The Hall–Kier alpha value is -3.49. The van der Waals surface area contributed by atoms with E-state index >= 15 is 4.39 Å². The number of nitrogens with zero attached hydrogens (tertiary/aromatic N) is 1. The van der Waals surface area contributed by atoms with Crippen molar-refractivity contribution in [3.05, 3.63) is 53.3 Å². The van der Waals surface area contributed by atoms with Crippen molar-refractivity contribution in [3.63, 3.8) is 0 Å². The molecule has 9 heteroatoms. The number of methoxy groups -OCH3 is 1. The van der Waals surface area contributed by atoms with E-state index in [1.54, 1.807) is 11.0 Å². The second-order valence-corrected chi connectivity index (χ2v) is 10.5. The summed E-state index contributed by atoms with van der Waals surface area (Å²) in [7, 11) is 1.27. The van der Waals surface area contributed by atoms with Crippen molar-refractivity contribution in [1.82, 2.24) is 4.90 Å². The van der Waals surface area contributed by atoms with Crippen LogP contribution < -0.4 is 14.8 Å². The minimum absolute atomic E-state index is 0.0653. The highest BCUT2D eigenvalue weighted by Crippen LogP contribution is 2.41. The summed E-state index contributed by atoms with van der Waals surface area (Å²) in [6, 6.07) is 11.1. The lowest BCUT2D eigenvalue weighted by Crippen LogP contribution is -2.43. The number of amides is 1. The van der Waals surface area contributed by atoms with Crippen LogP contribution in [0.4, 0.5) is 14.9 Å². The topological polar surface area (TPSA) is 86.3 Å². The highest BCUT2D eigenvalue weighted by atomic mass is 19.1. The van der Waals surface area contributed by atoms with Gasteiger partial charge in [-0.25, -0.2) is 9.18 Å². The van der Waals surface area contributed by atoms with Crippen molar-refractivity contribution < 1.29 is 32.9 Å². The number of anilines is 1. The third kappa shape index (κ3) is 8.00. The van der Waals surface area contributed by atoms with Crippen molar-refractivity contribution in [2.24, 2.45) is 5.92 Å². The molecule has 1 atom stereocenters. The number of nitrogens with one attached hydrogen (secondary N) is 1. The second kappa shape index (κ2) is 12.2. The number of esters is 1. The van der Waals surface area contributed by atoms with Gasteiger partial charge in [-0.15, -0.1) is 0 Å². The third-order valence-corrected chi connectivity index (χ3v) is 5.55. The number of benzene rings is 2. The van der Waals surface area contributed by atoms with Crippen LogP contribution in [0.2, 0.25) is 0 Å². The maximum absolute atomic E-state index is 15.7. The minimum atomic E-state index is -0.636. The standard InChI is InChI=1S/C28H37FN2O6/c1-18(2)15-31(27(33)37-28(3,4)5)16-20-12-21-22(36-20)13-23(35-17-19-10-8-7-9-11-19)26(25(21)29)30-14-24(32)34-6/h7-11,13,18,20,30H,12,14-17H2,1-6H3. The van der Waals surface area contributed by atoms with E-state index in [1.807, 2.05) is 65.0 Å². The van der Waals surface area contributed by atoms with Crippen LogP contribution in [0.25, 0.3) is 0 Å². The summed E-state index contributed by atoms with van der Waals surface area (Å²) in [5.74, 6) is -0.316. The molecular weight excluding hydrogens is 479 g/mol. The molecule has 202 valence electrons. The van der Waals surface area contributed by atoms with Gasteiger partial charge in [-0.3, -0.25) is 4.79 Å². The molecular formula is C28H37FN2O6. The zero-order valence-corrected chi connectivity index (χ0v) is 22.4. The summed E-state index contributed by atoms with van der Waals surface area (Å²) in [5.41, 5.74) is 0.694. The zero-order valence-electron chi connectivity index (χ0n) is 22.4. The van der Waals surface area contributed by atoms with Gasteiger partial charge in [0.05, 0.1) is 13.7 Å². The maximum Gasteiger partial charge on any atom is 0.410 e. The van der Waals surface area contributed by atoms with Crippen molar-refractivity contribution >= 4 is 17.7 Å². The molecule has 0 saturated heterocycles. The molecule has 8 nitrogen and oxygen atoms in total. The monoisotopic (exact) mass is 516 g/mol. The van der Waals surface area contributed by atoms with Gasteiger partial charge in [0.25, 0.3) is 0 Å². The van der Waals surface area contributed by atoms with Crippen molar-refractivity contribution in [2.75, 3.05) is 32.1 Å². The van der Waals surface area contributed by atoms with Gasteiger partial charge in [0.15, 0.2) is 5.82 Å². The molecule has 1 aliphatic rings. The van der Waals surface area contributed by atoms with Crippen LogP contribution in [-0.4, -0.2) is 55.4 Å². The van der Waals surface area contributed by atoms with E-state index in [1.165, 1.54) is 7.11 Å². The molecule has 1 aliphatic heterocycles. The molecule has 1 amide bonds. The molecule has 2 aromatic carbocycles. The quantitative estimate of drug-likeness (QED) is 0.435. The summed E-state index contributed by atoms with van der Waals surface area (Å²) >= 11 is 0. The largest absolute Gasteiger partial charge is 0.488 e. The fraction of sp³-hybridized carbons (Fsp3) is 0.500. The Morgan fingerprint density at radius 1 is 1.22 bits per heavy atom. The van der Waals surface area contributed by atoms with Crippen LogP contribution in [-0.2, 0) is 27.3 Å². The van der Waals surface area contributed by atoms with Gasteiger partial charge in [0.1, 0.15) is 42.0 Å². The molecule has 1 heterocycles. The van der Waals surface area contributed by atoms with Crippen LogP contribution >= 0.6 is 0 Å². The van der Waals surface area contributed by atoms with Crippen molar-refractivity contribution in [2.45, 2.75) is 59.4 Å². The average molecular weight is 517 g/mol. The lowest BCUT2D eigenvalue weighted by atomic mass is 10.1. The van der Waals surface area contributed by atoms with Gasteiger partial charge in [-0.1, -0.05) is 44.2 Å². The highest BCUT2D eigenvalue weighted by molar-refractivity contribution is 5.76. The van der Waals surface area contributed by atoms with Crippen molar-refractivity contribution in [1.29, 1.82) is 0 Å². The van der Waals surface area contributed by atoms with Gasteiger partial charge in [-0.05, 0) is 32.3 Å². The van der Waals surface area contributed by atoms with E-state index in [0.29, 0.717) is 17.9 Å². The number of carbonyl (C=O) groups excluding carboxylic acids is 2. The maximum atomic E-state index is 15.7. The smallest absolute Gasteiger partial charge is 0.410 e. The number of fused-ring (bicyclic) bond motifs is 1. The summed E-state index contributed by atoms with van der Waals surface area (Å²) < 4.78 is 38.0. The zero-order chi connectivity index (χ0) is 27.2. The Balaban J connectivity index is 1.82. The lowest BCUT2D eigenvalue weighted by molar-refractivity contribution is -0.138. The van der Waals surface area contributed by atoms with Gasteiger partial charge in [0, 0.05) is 24.6 Å². The van der Waals surface area contributed by atoms with Gasteiger partial charge in [0.2, 0.25) is 0 Å². The first-order chi connectivity index (χ1) is 17.5. The number of carbonyl (C=O) groups is 2.